The topological polar surface area (TPSA) is 38.4 Å². The molecule has 0 unspecified atom stereocenters. The first kappa shape index (κ1) is 4.56. The SMILES string of the molecule is Nc1ccc2c(c1)C=N2. The number of benzene rings is 1. The van der Waals surface area contributed by atoms with Gasteiger partial charge >= 0.3 is 0 Å². The van der Waals surface area contributed by atoms with Crippen LogP contribution in [0.5, 0.6) is 0 Å². The van der Waals surface area contributed by atoms with Gasteiger partial charge in [-0.15, -0.1) is 0 Å². The molecular weight excluding hydrogens is 112 g/mol. The highest BCUT2D eigenvalue weighted by Crippen LogP contribution is 2.26. The van der Waals surface area contributed by atoms with Gasteiger partial charge in [-0.2, -0.15) is 0 Å². The number of nitrogens with zero attached hydrogens (tertiary/aromatic N) is 1. The number of aliphatic imine (C=N–C) groups is 1. The van der Waals surface area contributed by atoms with Gasteiger partial charge in [-0.05, 0) is 18.2 Å². The maximum absolute atomic E-state index is 5.50. The Balaban J connectivity index is 2.63. The van der Waals surface area contributed by atoms with Crippen molar-refractivity contribution < 1.29 is 0 Å². The minimum Gasteiger partial charge on any atom is -0.399 e. The Bertz CT molecular complexity index is 276. The van der Waals surface area contributed by atoms with Gasteiger partial charge in [0.1, 0.15) is 0 Å². The van der Waals surface area contributed by atoms with E-state index >= 15 is 0 Å². The minimum atomic E-state index is 0.805. The molecular formula is C7H6N2. The van der Waals surface area contributed by atoms with Crippen molar-refractivity contribution in [2.24, 2.45) is 4.99 Å². The maximum atomic E-state index is 5.50. The van der Waals surface area contributed by atoms with E-state index in [1.807, 2.05) is 24.4 Å². The highest BCUT2D eigenvalue weighted by Gasteiger charge is 2.04. The molecule has 0 spiro atoms. The van der Waals surface area contributed by atoms with E-state index in [1.165, 1.54) is 0 Å². The van der Waals surface area contributed by atoms with Crippen LogP contribution in [0, 0.1) is 0 Å². The van der Waals surface area contributed by atoms with Gasteiger partial charge in [-0.3, -0.25) is 4.99 Å². The van der Waals surface area contributed by atoms with Crippen molar-refractivity contribution in [2.75, 3.05) is 5.73 Å². The van der Waals surface area contributed by atoms with E-state index in [0.29, 0.717) is 0 Å². The van der Waals surface area contributed by atoms with Crippen molar-refractivity contribution in [3.63, 3.8) is 0 Å². The number of nitrogen functional groups attached to an aromatic ring is 1. The molecule has 1 aliphatic rings. The lowest BCUT2D eigenvalue weighted by atomic mass is 10.1. The third kappa shape index (κ3) is 0.528. The molecule has 44 valence electrons. The highest BCUT2D eigenvalue weighted by molar-refractivity contribution is 5.97. The number of hydrogen-bond acceptors (Lipinski definition) is 2. The highest BCUT2D eigenvalue weighted by atomic mass is 14.8. The molecule has 0 amide bonds. The van der Waals surface area contributed by atoms with Crippen LogP contribution in [0.25, 0.3) is 0 Å². The first-order valence-corrected chi connectivity index (χ1v) is 2.80. The van der Waals surface area contributed by atoms with Gasteiger partial charge in [-0.25, -0.2) is 0 Å². The van der Waals surface area contributed by atoms with Crippen LogP contribution in [0.1, 0.15) is 5.56 Å². The smallest absolute Gasteiger partial charge is 0.0719 e. The van der Waals surface area contributed by atoms with Crippen molar-refractivity contribution in [3.05, 3.63) is 23.8 Å². The molecule has 1 aromatic carbocycles. The van der Waals surface area contributed by atoms with E-state index in [9.17, 15) is 0 Å². The van der Waals surface area contributed by atoms with Gasteiger partial charge < -0.3 is 5.73 Å². The Morgan fingerprint density at radius 3 is 2.67 bits per heavy atom. The van der Waals surface area contributed by atoms with Crippen molar-refractivity contribution in [1.82, 2.24) is 0 Å². The molecule has 0 bridgehead atoms. The van der Waals surface area contributed by atoms with Crippen molar-refractivity contribution >= 4 is 17.6 Å². The summed E-state index contributed by atoms with van der Waals surface area (Å²) in [5.74, 6) is 0. The van der Waals surface area contributed by atoms with E-state index in [2.05, 4.69) is 4.99 Å². The summed E-state index contributed by atoms with van der Waals surface area (Å²) in [5.41, 5.74) is 8.50. The first-order valence-electron chi connectivity index (χ1n) is 2.80. The number of rotatable bonds is 0. The summed E-state index contributed by atoms with van der Waals surface area (Å²) in [7, 11) is 0. The van der Waals surface area contributed by atoms with Crippen LogP contribution in [-0.2, 0) is 0 Å². The fraction of sp³-hybridized carbons (Fsp3) is 0. The summed E-state index contributed by atoms with van der Waals surface area (Å²) in [6.07, 6.45) is 1.81. The summed E-state index contributed by atoms with van der Waals surface area (Å²) >= 11 is 0. The molecule has 9 heavy (non-hydrogen) atoms. The van der Waals surface area contributed by atoms with Gasteiger partial charge in [0.05, 0.1) is 5.69 Å². The van der Waals surface area contributed by atoms with E-state index in [-0.39, 0.29) is 0 Å². The average molecular weight is 118 g/mol. The summed E-state index contributed by atoms with van der Waals surface area (Å²) in [5, 5.41) is 0. The van der Waals surface area contributed by atoms with E-state index in [0.717, 1.165) is 16.9 Å². The van der Waals surface area contributed by atoms with Crippen molar-refractivity contribution in [2.45, 2.75) is 0 Å². The molecule has 0 fully saturated rings. The van der Waals surface area contributed by atoms with Crippen LogP contribution < -0.4 is 5.73 Å². The Hall–Kier alpha value is -1.31. The Morgan fingerprint density at radius 1 is 1.33 bits per heavy atom. The minimum absolute atomic E-state index is 0.805. The zero-order valence-corrected chi connectivity index (χ0v) is 4.83. The van der Waals surface area contributed by atoms with Crippen molar-refractivity contribution in [1.29, 1.82) is 0 Å². The van der Waals surface area contributed by atoms with Crippen LogP contribution in [0.15, 0.2) is 23.2 Å². The van der Waals surface area contributed by atoms with Gasteiger partial charge in [-0.1, -0.05) is 0 Å². The van der Waals surface area contributed by atoms with Crippen LogP contribution in [-0.4, -0.2) is 6.21 Å². The maximum Gasteiger partial charge on any atom is 0.0719 e. The fourth-order valence-electron chi connectivity index (χ4n) is 0.867. The second-order valence-electron chi connectivity index (χ2n) is 2.08. The monoisotopic (exact) mass is 118 g/mol. The molecule has 1 heterocycles. The second kappa shape index (κ2) is 1.35. The van der Waals surface area contributed by atoms with Crippen molar-refractivity contribution in [3.8, 4) is 0 Å². The number of anilines is 1. The Labute approximate surface area is 53.0 Å². The number of nitrogens with two attached hydrogens (primary N) is 1. The molecule has 2 nitrogen and oxygen atoms in total. The molecule has 1 aliphatic heterocycles. The largest absolute Gasteiger partial charge is 0.399 e. The zero-order valence-electron chi connectivity index (χ0n) is 4.83. The zero-order chi connectivity index (χ0) is 6.27. The summed E-state index contributed by atoms with van der Waals surface area (Å²) in [6, 6.07) is 5.70. The van der Waals surface area contributed by atoms with Gasteiger partial charge in [0.2, 0.25) is 0 Å². The van der Waals surface area contributed by atoms with Gasteiger partial charge in [0.25, 0.3) is 0 Å². The molecule has 0 aliphatic carbocycles. The quantitative estimate of drug-likeness (QED) is 0.521. The lowest BCUT2D eigenvalue weighted by Crippen LogP contribution is -1.94. The standard InChI is InChI=1S/C7H6N2/c8-6-1-2-7-5(3-6)4-9-7/h1-4H,8H2. The molecule has 2 heteroatoms. The second-order valence-corrected chi connectivity index (χ2v) is 2.08. The Kier molecular flexibility index (Phi) is 0.681. The predicted octanol–water partition coefficient (Wildman–Crippen LogP) is 1.33. The summed E-state index contributed by atoms with van der Waals surface area (Å²) in [4.78, 5) is 3.99. The van der Waals surface area contributed by atoms with Crippen LogP contribution in [0.2, 0.25) is 0 Å². The molecule has 1 aromatic rings. The average Bonchev–Trinajstić information content (AvgIpc) is 1.78. The lowest BCUT2D eigenvalue weighted by Gasteiger charge is -2.07. The predicted molar refractivity (Wildman–Crippen MR) is 38.1 cm³/mol. The van der Waals surface area contributed by atoms with Crippen LogP contribution in [0.3, 0.4) is 0 Å². The van der Waals surface area contributed by atoms with Gasteiger partial charge in [0.15, 0.2) is 0 Å². The molecule has 0 radical (unpaired) electrons. The normalized spacial score (nSPS) is 12.4. The molecule has 0 saturated heterocycles. The third-order valence-corrected chi connectivity index (χ3v) is 1.39. The Morgan fingerprint density at radius 2 is 2.22 bits per heavy atom. The number of hydrogen-bond donors (Lipinski definition) is 1. The van der Waals surface area contributed by atoms with Gasteiger partial charge in [0, 0.05) is 17.5 Å². The third-order valence-electron chi connectivity index (χ3n) is 1.39. The molecule has 2 N–H and O–H groups in total. The van der Waals surface area contributed by atoms with E-state index in [1.54, 1.807) is 0 Å². The first-order chi connectivity index (χ1) is 4.36. The summed E-state index contributed by atoms with van der Waals surface area (Å²) in [6.45, 7) is 0. The van der Waals surface area contributed by atoms with E-state index < -0.39 is 0 Å². The van der Waals surface area contributed by atoms with E-state index in [4.69, 9.17) is 5.73 Å². The summed E-state index contributed by atoms with van der Waals surface area (Å²) < 4.78 is 0. The number of fused-ring (bicyclic) bond motifs is 1. The molecule has 0 atom stereocenters. The fourth-order valence-corrected chi connectivity index (χ4v) is 0.867. The molecule has 2 rings (SSSR count). The lowest BCUT2D eigenvalue weighted by molar-refractivity contribution is 1.45. The van der Waals surface area contributed by atoms with Crippen LogP contribution in [0.4, 0.5) is 11.4 Å². The molecule has 0 saturated carbocycles. The molecule has 0 aromatic heterocycles. The van der Waals surface area contributed by atoms with Crippen LogP contribution >= 0.6 is 0 Å².